The molecule has 2 N–H and O–H groups in total. The fraction of sp³-hybridized carbons (Fsp3) is 0.200. The number of rotatable bonds is 4. The molecule has 1 aromatic carbocycles. The Bertz CT molecular complexity index is 658. The van der Waals surface area contributed by atoms with Crippen LogP contribution in [0.25, 0.3) is 0 Å². The standard InChI is InChI=1S/C15H14N2O2S/c1-10-4-2-3-5-12(10)13(18)9-17-15(19)14-11(8-16)6-7-20-14/h2-7,13,18H,9H2,1H3,(H,17,19). The number of carbonyl (C=O) groups is 1. The molecular weight excluding hydrogens is 272 g/mol. The van der Waals surface area contributed by atoms with E-state index in [0.717, 1.165) is 11.1 Å². The van der Waals surface area contributed by atoms with Gasteiger partial charge in [0, 0.05) is 6.54 Å². The molecule has 0 saturated heterocycles. The van der Waals surface area contributed by atoms with E-state index in [9.17, 15) is 9.90 Å². The Morgan fingerprint density at radius 2 is 2.20 bits per heavy atom. The van der Waals surface area contributed by atoms with Crippen molar-refractivity contribution < 1.29 is 9.90 Å². The van der Waals surface area contributed by atoms with Crippen LogP contribution in [0.4, 0.5) is 0 Å². The zero-order chi connectivity index (χ0) is 14.5. The lowest BCUT2D eigenvalue weighted by Gasteiger charge is -2.14. The lowest BCUT2D eigenvalue weighted by Crippen LogP contribution is -2.28. The molecule has 1 amide bonds. The number of aliphatic hydroxyl groups is 1. The van der Waals surface area contributed by atoms with Gasteiger partial charge in [0.1, 0.15) is 10.9 Å². The zero-order valence-corrected chi connectivity index (χ0v) is 11.8. The summed E-state index contributed by atoms with van der Waals surface area (Å²) in [6.07, 6.45) is -0.759. The molecule has 0 fully saturated rings. The van der Waals surface area contributed by atoms with Crippen molar-refractivity contribution in [1.29, 1.82) is 5.26 Å². The molecule has 2 aromatic rings. The molecule has 0 saturated carbocycles. The van der Waals surface area contributed by atoms with Gasteiger partial charge in [0.15, 0.2) is 0 Å². The Hall–Kier alpha value is -2.16. The van der Waals surface area contributed by atoms with Crippen LogP contribution in [0.5, 0.6) is 0 Å². The highest BCUT2D eigenvalue weighted by molar-refractivity contribution is 7.12. The Morgan fingerprint density at radius 1 is 1.45 bits per heavy atom. The maximum atomic E-state index is 11.9. The molecule has 0 aliphatic carbocycles. The van der Waals surface area contributed by atoms with Crippen LogP contribution in [0.3, 0.4) is 0 Å². The van der Waals surface area contributed by atoms with Crippen molar-refractivity contribution in [3.63, 3.8) is 0 Å². The lowest BCUT2D eigenvalue weighted by atomic mass is 10.0. The van der Waals surface area contributed by atoms with E-state index in [0.29, 0.717) is 10.4 Å². The predicted molar refractivity (Wildman–Crippen MR) is 77.5 cm³/mol. The largest absolute Gasteiger partial charge is 0.387 e. The van der Waals surface area contributed by atoms with Gasteiger partial charge in [-0.15, -0.1) is 11.3 Å². The predicted octanol–water partition coefficient (Wildman–Crippen LogP) is 2.39. The van der Waals surface area contributed by atoms with E-state index in [-0.39, 0.29) is 12.5 Å². The summed E-state index contributed by atoms with van der Waals surface area (Å²) >= 11 is 1.22. The van der Waals surface area contributed by atoms with Crippen molar-refractivity contribution in [2.24, 2.45) is 0 Å². The third kappa shape index (κ3) is 3.05. The van der Waals surface area contributed by atoms with Crippen molar-refractivity contribution >= 4 is 17.2 Å². The van der Waals surface area contributed by atoms with Crippen LogP contribution in [0.1, 0.15) is 32.5 Å². The number of thiophene rings is 1. The second-order valence-corrected chi connectivity index (χ2v) is 5.27. The number of hydrogen-bond donors (Lipinski definition) is 2. The average molecular weight is 286 g/mol. The Morgan fingerprint density at radius 3 is 2.90 bits per heavy atom. The van der Waals surface area contributed by atoms with Crippen LogP contribution in [0, 0.1) is 18.3 Å². The summed E-state index contributed by atoms with van der Waals surface area (Å²) in [5.74, 6) is -0.329. The van der Waals surface area contributed by atoms with Crippen molar-refractivity contribution in [3.8, 4) is 6.07 Å². The van der Waals surface area contributed by atoms with E-state index >= 15 is 0 Å². The summed E-state index contributed by atoms with van der Waals surface area (Å²) in [5.41, 5.74) is 2.13. The lowest BCUT2D eigenvalue weighted by molar-refractivity contribution is 0.0919. The van der Waals surface area contributed by atoms with Gasteiger partial charge >= 0.3 is 0 Å². The highest BCUT2D eigenvalue weighted by Crippen LogP contribution is 2.18. The van der Waals surface area contributed by atoms with Gasteiger partial charge in [-0.2, -0.15) is 5.26 Å². The molecular formula is C15H14N2O2S. The topological polar surface area (TPSA) is 73.1 Å². The highest BCUT2D eigenvalue weighted by atomic mass is 32.1. The summed E-state index contributed by atoms with van der Waals surface area (Å²) in [4.78, 5) is 12.3. The van der Waals surface area contributed by atoms with Crippen LogP contribution < -0.4 is 5.32 Å². The first kappa shape index (κ1) is 14.3. The molecule has 0 bridgehead atoms. The van der Waals surface area contributed by atoms with Crippen LogP contribution in [0.15, 0.2) is 35.7 Å². The van der Waals surface area contributed by atoms with Gasteiger partial charge in [0.05, 0.1) is 11.7 Å². The summed E-state index contributed by atoms with van der Waals surface area (Å²) in [7, 11) is 0. The SMILES string of the molecule is Cc1ccccc1C(O)CNC(=O)c1sccc1C#N. The number of amides is 1. The number of benzene rings is 1. The first-order chi connectivity index (χ1) is 9.63. The van der Waals surface area contributed by atoms with E-state index in [2.05, 4.69) is 5.32 Å². The third-order valence-electron chi connectivity index (χ3n) is 3.00. The number of aliphatic hydroxyl groups excluding tert-OH is 1. The molecule has 4 nitrogen and oxygen atoms in total. The smallest absolute Gasteiger partial charge is 0.262 e. The molecule has 0 aliphatic heterocycles. The van der Waals surface area contributed by atoms with Gasteiger partial charge in [-0.05, 0) is 29.5 Å². The van der Waals surface area contributed by atoms with Crippen LogP contribution in [-0.2, 0) is 0 Å². The third-order valence-corrected chi connectivity index (χ3v) is 3.91. The molecule has 1 heterocycles. The maximum Gasteiger partial charge on any atom is 0.262 e. The summed E-state index contributed by atoms with van der Waals surface area (Å²) in [5, 5.41) is 23.3. The van der Waals surface area contributed by atoms with Crippen molar-refractivity contribution in [3.05, 3.63) is 57.3 Å². The van der Waals surface area contributed by atoms with Crippen molar-refractivity contribution in [2.75, 3.05) is 6.54 Å². The van der Waals surface area contributed by atoms with Gasteiger partial charge in [0.2, 0.25) is 0 Å². The molecule has 5 heteroatoms. The van der Waals surface area contributed by atoms with Crippen molar-refractivity contribution in [1.82, 2.24) is 5.32 Å². The molecule has 1 atom stereocenters. The Kier molecular flexibility index (Phi) is 4.51. The Labute approximate surface area is 121 Å². The molecule has 0 aliphatic rings. The van der Waals surface area contributed by atoms with E-state index in [1.54, 1.807) is 11.4 Å². The van der Waals surface area contributed by atoms with Gasteiger partial charge in [-0.25, -0.2) is 0 Å². The quantitative estimate of drug-likeness (QED) is 0.906. The van der Waals surface area contributed by atoms with Gasteiger partial charge in [-0.3, -0.25) is 4.79 Å². The fourth-order valence-corrected chi connectivity index (χ4v) is 2.67. The maximum absolute atomic E-state index is 11.9. The first-order valence-electron chi connectivity index (χ1n) is 6.13. The molecule has 20 heavy (non-hydrogen) atoms. The minimum absolute atomic E-state index is 0.118. The van der Waals surface area contributed by atoms with Crippen LogP contribution in [0.2, 0.25) is 0 Å². The number of carbonyl (C=O) groups excluding carboxylic acids is 1. The molecule has 1 aromatic heterocycles. The first-order valence-corrected chi connectivity index (χ1v) is 7.01. The number of aryl methyl sites for hydroxylation is 1. The number of nitrogens with zero attached hydrogens (tertiary/aromatic N) is 1. The van der Waals surface area contributed by atoms with E-state index in [4.69, 9.17) is 5.26 Å². The second-order valence-electron chi connectivity index (χ2n) is 4.36. The molecule has 2 rings (SSSR count). The van der Waals surface area contributed by atoms with Gasteiger partial charge in [-0.1, -0.05) is 24.3 Å². The van der Waals surface area contributed by atoms with E-state index in [1.807, 2.05) is 37.3 Å². The van der Waals surface area contributed by atoms with E-state index in [1.165, 1.54) is 11.3 Å². The average Bonchev–Trinajstić information content (AvgIpc) is 2.93. The molecule has 102 valence electrons. The monoisotopic (exact) mass is 286 g/mol. The van der Waals surface area contributed by atoms with Gasteiger partial charge in [0.25, 0.3) is 5.91 Å². The minimum atomic E-state index is -0.759. The zero-order valence-electron chi connectivity index (χ0n) is 11.0. The Balaban J connectivity index is 2.01. The number of hydrogen-bond acceptors (Lipinski definition) is 4. The number of nitriles is 1. The second kappa shape index (κ2) is 6.33. The van der Waals surface area contributed by atoms with Crippen LogP contribution in [-0.4, -0.2) is 17.6 Å². The van der Waals surface area contributed by atoms with Gasteiger partial charge < -0.3 is 10.4 Å². The van der Waals surface area contributed by atoms with Crippen LogP contribution >= 0.6 is 11.3 Å². The fourth-order valence-electron chi connectivity index (χ4n) is 1.91. The van der Waals surface area contributed by atoms with Crippen molar-refractivity contribution in [2.45, 2.75) is 13.0 Å². The molecule has 0 spiro atoms. The number of nitrogens with one attached hydrogen (secondary N) is 1. The summed E-state index contributed by atoms with van der Waals surface area (Å²) in [6.45, 7) is 2.03. The molecule has 0 radical (unpaired) electrons. The highest BCUT2D eigenvalue weighted by Gasteiger charge is 2.15. The summed E-state index contributed by atoms with van der Waals surface area (Å²) in [6, 6.07) is 11.1. The molecule has 1 unspecified atom stereocenters. The minimum Gasteiger partial charge on any atom is -0.387 e. The van der Waals surface area contributed by atoms with E-state index < -0.39 is 6.10 Å². The normalized spacial score (nSPS) is 11.7. The summed E-state index contributed by atoms with van der Waals surface area (Å²) < 4.78 is 0.